The summed E-state index contributed by atoms with van der Waals surface area (Å²) in [6.45, 7) is 2.41. The third-order valence-corrected chi connectivity index (χ3v) is 4.01. The highest BCUT2D eigenvalue weighted by molar-refractivity contribution is 7.15. The van der Waals surface area contributed by atoms with Gasteiger partial charge in [-0.15, -0.1) is 22.7 Å². The molecule has 0 bridgehead atoms. The van der Waals surface area contributed by atoms with Crippen molar-refractivity contribution < 1.29 is 4.79 Å². The Morgan fingerprint density at radius 3 is 3.00 bits per heavy atom. The van der Waals surface area contributed by atoms with Gasteiger partial charge in [0.15, 0.2) is 5.13 Å². The molecule has 0 aliphatic heterocycles. The third-order valence-electron chi connectivity index (χ3n) is 2.08. The molecule has 0 aromatic carbocycles. The second-order valence-corrected chi connectivity index (χ2v) is 5.33. The van der Waals surface area contributed by atoms with Crippen LogP contribution in [-0.4, -0.2) is 15.9 Å². The lowest BCUT2D eigenvalue weighted by Gasteiger charge is -1.96. The summed E-state index contributed by atoms with van der Waals surface area (Å²) < 4.78 is 0. The molecule has 2 heterocycles. The quantitative estimate of drug-likeness (QED) is 0.887. The van der Waals surface area contributed by atoms with E-state index in [9.17, 15) is 4.79 Å². The molecular weight excluding hydrogens is 256 g/mol. The van der Waals surface area contributed by atoms with Crippen LogP contribution in [-0.2, 0) is 13.0 Å². The van der Waals surface area contributed by atoms with E-state index in [1.807, 2.05) is 6.92 Å². The molecule has 0 aliphatic carbocycles. The number of nitrogens with zero attached hydrogens (tertiary/aromatic N) is 2. The largest absolute Gasteiger partial charge is 0.325 e. The SMILES string of the molecule is CCc1cnc(NC(=O)c2csc(CN)n2)s1. The minimum Gasteiger partial charge on any atom is -0.325 e. The van der Waals surface area contributed by atoms with Crippen molar-refractivity contribution in [3.63, 3.8) is 0 Å². The summed E-state index contributed by atoms with van der Waals surface area (Å²) in [5.41, 5.74) is 5.84. The maximum Gasteiger partial charge on any atom is 0.276 e. The highest BCUT2D eigenvalue weighted by Crippen LogP contribution is 2.19. The summed E-state index contributed by atoms with van der Waals surface area (Å²) in [5, 5.41) is 5.78. The van der Waals surface area contributed by atoms with E-state index in [0.717, 1.165) is 16.3 Å². The molecule has 0 unspecified atom stereocenters. The standard InChI is InChI=1S/C10H12N4OS2/c1-2-6-4-12-10(17-6)14-9(15)7-5-16-8(3-11)13-7/h4-5H,2-3,11H2,1H3,(H,12,14,15). The molecule has 2 rings (SSSR count). The molecule has 3 N–H and O–H groups in total. The predicted octanol–water partition coefficient (Wildman–Crippen LogP) is 1.87. The second kappa shape index (κ2) is 5.35. The highest BCUT2D eigenvalue weighted by atomic mass is 32.1. The number of nitrogens with one attached hydrogen (secondary N) is 1. The summed E-state index contributed by atoms with van der Waals surface area (Å²) in [4.78, 5) is 21.2. The fraction of sp³-hybridized carbons (Fsp3) is 0.300. The van der Waals surface area contributed by atoms with Gasteiger partial charge >= 0.3 is 0 Å². The van der Waals surface area contributed by atoms with Gasteiger partial charge in [0, 0.05) is 23.0 Å². The minimum atomic E-state index is -0.238. The smallest absolute Gasteiger partial charge is 0.276 e. The van der Waals surface area contributed by atoms with Crippen molar-refractivity contribution in [3.8, 4) is 0 Å². The number of hydrogen-bond acceptors (Lipinski definition) is 6. The van der Waals surface area contributed by atoms with E-state index in [2.05, 4.69) is 15.3 Å². The fourth-order valence-electron chi connectivity index (χ4n) is 1.20. The van der Waals surface area contributed by atoms with Crippen LogP contribution in [0.1, 0.15) is 27.3 Å². The van der Waals surface area contributed by atoms with Crippen molar-refractivity contribution in [2.45, 2.75) is 19.9 Å². The molecule has 2 aromatic rings. The first-order valence-electron chi connectivity index (χ1n) is 5.13. The Balaban J connectivity index is 2.05. The molecule has 0 spiro atoms. The Morgan fingerprint density at radius 2 is 2.41 bits per heavy atom. The summed E-state index contributed by atoms with van der Waals surface area (Å²) in [5.74, 6) is -0.238. The number of carbonyl (C=O) groups is 1. The minimum absolute atomic E-state index is 0.238. The lowest BCUT2D eigenvalue weighted by Crippen LogP contribution is -2.12. The van der Waals surface area contributed by atoms with Crippen molar-refractivity contribution in [2.75, 3.05) is 5.32 Å². The molecule has 0 atom stereocenters. The Bertz CT molecular complexity index is 520. The number of anilines is 1. The van der Waals surface area contributed by atoms with E-state index in [1.54, 1.807) is 11.6 Å². The number of carbonyl (C=O) groups excluding carboxylic acids is 1. The van der Waals surface area contributed by atoms with Gasteiger partial charge in [-0.1, -0.05) is 6.92 Å². The lowest BCUT2D eigenvalue weighted by molar-refractivity contribution is 0.102. The van der Waals surface area contributed by atoms with Gasteiger partial charge in [0.2, 0.25) is 0 Å². The van der Waals surface area contributed by atoms with Crippen molar-refractivity contribution in [1.29, 1.82) is 0 Å². The molecule has 90 valence electrons. The van der Waals surface area contributed by atoms with Crippen LogP contribution >= 0.6 is 22.7 Å². The fourth-order valence-corrected chi connectivity index (χ4v) is 2.60. The summed E-state index contributed by atoms with van der Waals surface area (Å²) in [7, 11) is 0. The van der Waals surface area contributed by atoms with Gasteiger partial charge in [0.25, 0.3) is 5.91 Å². The van der Waals surface area contributed by atoms with Gasteiger partial charge in [0.1, 0.15) is 10.7 Å². The van der Waals surface area contributed by atoms with Crippen molar-refractivity contribution in [2.24, 2.45) is 5.73 Å². The van der Waals surface area contributed by atoms with Crippen LogP contribution in [0.4, 0.5) is 5.13 Å². The topological polar surface area (TPSA) is 80.9 Å². The zero-order chi connectivity index (χ0) is 12.3. The average molecular weight is 268 g/mol. The Labute approximate surface area is 107 Å². The average Bonchev–Trinajstić information content (AvgIpc) is 2.96. The van der Waals surface area contributed by atoms with E-state index >= 15 is 0 Å². The number of nitrogens with two attached hydrogens (primary N) is 1. The summed E-state index contributed by atoms with van der Waals surface area (Å²) in [6.07, 6.45) is 2.69. The van der Waals surface area contributed by atoms with Crippen LogP contribution in [0.3, 0.4) is 0 Å². The van der Waals surface area contributed by atoms with Crippen LogP contribution in [0, 0.1) is 0 Å². The van der Waals surface area contributed by atoms with Crippen molar-refractivity contribution in [1.82, 2.24) is 9.97 Å². The number of aryl methyl sites for hydroxylation is 1. The summed E-state index contributed by atoms with van der Waals surface area (Å²) >= 11 is 2.86. The molecule has 7 heteroatoms. The summed E-state index contributed by atoms with van der Waals surface area (Å²) in [6, 6.07) is 0. The number of amides is 1. The van der Waals surface area contributed by atoms with Crippen LogP contribution in [0.25, 0.3) is 0 Å². The molecular formula is C10H12N4OS2. The number of thiazole rings is 2. The molecule has 2 aromatic heterocycles. The molecule has 0 radical (unpaired) electrons. The van der Waals surface area contributed by atoms with Crippen LogP contribution < -0.4 is 11.1 Å². The van der Waals surface area contributed by atoms with E-state index in [1.165, 1.54) is 22.7 Å². The molecule has 0 saturated heterocycles. The van der Waals surface area contributed by atoms with Crippen molar-refractivity contribution in [3.05, 3.63) is 27.2 Å². The van der Waals surface area contributed by atoms with E-state index < -0.39 is 0 Å². The normalized spacial score (nSPS) is 10.5. The lowest BCUT2D eigenvalue weighted by atomic mass is 10.4. The van der Waals surface area contributed by atoms with E-state index in [-0.39, 0.29) is 5.91 Å². The first-order chi connectivity index (χ1) is 8.22. The van der Waals surface area contributed by atoms with Gasteiger partial charge in [-0.2, -0.15) is 0 Å². The van der Waals surface area contributed by atoms with Gasteiger partial charge in [-0.3, -0.25) is 10.1 Å². The number of rotatable bonds is 4. The first kappa shape index (κ1) is 12.2. The zero-order valence-corrected chi connectivity index (χ0v) is 10.9. The van der Waals surface area contributed by atoms with Crippen LogP contribution in [0.15, 0.2) is 11.6 Å². The predicted molar refractivity (Wildman–Crippen MR) is 69.5 cm³/mol. The Kier molecular flexibility index (Phi) is 3.82. The van der Waals surface area contributed by atoms with Gasteiger partial charge < -0.3 is 5.73 Å². The van der Waals surface area contributed by atoms with Crippen LogP contribution in [0.2, 0.25) is 0 Å². The molecule has 0 saturated carbocycles. The van der Waals surface area contributed by atoms with Crippen LogP contribution in [0.5, 0.6) is 0 Å². The van der Waals surface area contributed by atoms with E-state index in [4.69, 9.17) is 5.73 Å². The monoisotopic (exact) mass is 268 g/mol. The third kappa shape index (κ3) is 2.87. The maximum atomic E-state index is 11.8. The molecule has 0 aliphatic rings. The molecule has 1 amide bonds. The van der Waals surface area contributed by atoms with Gasteiger partial charge in [0.05, 0.1) is 0 Å². The number of aromatic nitrogens is 2. The Hall–Kier alpha value is -1.31. The maximum absolute atomic E-state index is 11.8. The van der Waals surface area contributed by atoms with Crippen molar-refractivity contribution >= 4 is 33.7 Å². The molecule has 0 fully saturated rings. The zero-order valence-electron chi connectivity index (χ0n) is 9.27. The van der Waals surface area contributed by atoms with Gasteiger partial charge in [-0.05, 0) is 6.42 Å². The highest BCUT2D eigenvalue weighted by Gasteiger charge is 2.12. The molecule has 5 nitrogen and oxygen atoms in total. The first-order valence-corrected chi connectivity index (χ1v) is 6.83. The van der Waals surface area contributed by atoms with E-state index in [0.29, 0.717) is 17.4 Å². The number of hydrogen-bond donors (Lipinski definition) is 2. The molecule has 17 heavy (non-hydrogen) atoms. The Morgan fingerprint density at radius 1 is 1.59 bits per heavy atom. The second-order valence-electron chi connectivity index (χ2n) is 3.27. The van der Waals surface area contributed by atoms with Gasteiger partial charge in [-0.25, -0.2) is 9.97 Å².